The number of aliphatic hydroxyl groups is 1. The summed E-state index contributed by atoms with van der Waals surface area (Å²) in [6, 6.07) is 3.07. The molecular weight excluding hydrogens is 309 g/mol. The fourth-order valence-electron chi connectivity index (χ4n) is 3.69. The number of hydrogen-bond acceptors (Lipinski definition) is 2. The van der Waals surface area contributed by atoms with Crippen LogP contribution < -0.4 is 5.32 Å². The second-order valence-corrected chi connectivity index (χ2v) is 6.43. The molecule has 126 valence electrons. The van der Waals surface area contributed by atoms with Crippen molar-refractivity contribution >= 4 is 11.7 Å². The Kier molecular flexibility index (Phi) is 4.00. The van der Waals surface area contributed by atoms with Crippen molar-refractivity contribution in [2.75, 3.05) is 5.32 Å². The minimum Gasteiger partial charge on any atom is -0.393 e. The quantitative estimate of drug-likeness (QED) is 0.828. The van der Waals surface area contributed by atoms with Crippen LogP contribution in [-0.2, 0) is 6.18 Å². The van der Waals surface area contributed by atoms with E-state index in [4.69, 9.17) is 0 Å². The predicted molar refractivity (Wildman–Crippen MR) is 79.1 cm³/mol. The molecule has 2 bridgehead atoms. The van der Waals surface area contributed by atoms with Gasteiger partial charge in [0.25, 0.3) is 0 Å². The van der Waals surface area contributed by atoms with E-state index in [1.807, 2.05) is 0 Å². The molecule has 23 heavy (non-hydrogen) atoms. The number of hydrogen-bond donors (Lipinski definition) is 2. The number of fused-ring (bicyclic) bond motifs is 2. The maximum absolute atomic E-state index is 12.9. The first-order chi connectivity index (χ1) is 10.7. The van der Waals surface area contributed by atoms with Gasteiger partial charge in [-0.25, -0.2) is 4.79 Å². The number of anilines is 1. The van der Waals surface area contributed by atoms with Crippen molar-refractivity contribution in [3.8, 4) is 0 Å². The van der Waals surface area contributed by atoms with Crippen LogP contribution in [0.15, 0.2) is 18.2 Å². The number of nitrogens with one attached hydrogen (secondary N) is 1. The molecule has 0 saturated carbocycles. The normalized spacial score (nSPS) is 27.2. The van der Waals surface area contributed by atoms with Gasteiger partial charge in [0.1, 0.15) is 0 Å². The van der Waals surface area contributed by atoms with E-state index in [0.29, 0.717) is 18.4 Å². The molecule has 2 heterocycles. The van der Waals surface area contributed by atoms with Gasteiger partial charge in [-0.2, -0.15) is 13.2 Å². The molecule has 0 spiro atoms. The number of carbonyl (C=O) groups is 1. The summed E-state index contributed by atoms with van der Waals surface area (Å²) in [5.41, 5.74) is -0.190. The van der Waals surface area contributed by atoms with E-state index in [0.717, 1.165) is 25.0 Å². The lowest BCUT2D eigenvalue weighted by Gasteiger charge is -2.37. The van der Waals surface area contributed by atoms with Crippen LogP contribution in [0.2, 0.25) is 0 Å². The van der Waals surface area contributed by atoms with Crippen LogP contribution >= 0.6 is 0 Å². The Hall–Kier alpha value is -1.76. The van der Waals surface area contributed by atoms with Crippen LogP contribution in [-0.4, -0.2) is 34.2 Å². The number of piperidine rings is 1. The lowest BCUT2D eigenvalue weighted by atomic mass is 10.0. The van der Waals surface area contributed by atoms with Gasteiger partial charge in [0.15, 0.2) is 0 Å². The minimum atomic E-state index is -4.44. The Morgan fingerprint density at radius 1 is 1.22 bits per heavy atom. The third-order valence-corrected chi connectivity index (χ3v) is 4.60. The van der Waals surface area contributed by atoms with Crippen LogP contribution in [0.25, 0.3) is 0 Å². The Balaban J connectivity index is 1.77. The standard InChI is InChI=1S/C16H19F3N2O2/c1-9-4-10(16(17,18)19)6-11(5-9)20-15(23)21-12-2-3-13(21)8-14(22)7-12/h4-6,12-14,22H,2-3,7-8H2,1H3,(H,20,23)/t12-,13-/m0/s1. The van der Waals surface area contributed by atoms with Crippen molar-refractivity contribution < 1.29 is 23.1 Å². The molecule has 0 aliphatic carbocycles. The van der Waals surface area contributed by atoms with Crippen LogP contribution in [0, 0.1) is 6.92 Å². The van der Waals surface area contributed by atoms with Crippen molar-refractivity contribution in [1.29, 1.82) is 0 Å². The minimum absolute atomic E-state index is 0.0318. The Morgan fingerprint density at radius 3 is 2.39 bits per heavy atom. The average Bonchev–Trinajstić information content (AvgIpc) is 2.69. The molecule has 2 amide bonds. The van der Waals surface area contributed by atoms with Gasteiger partial charge < -0.3 is 15.3 Å². The summed E-state index contributed by atoms with van der Waals surface area (Å²) in [4.78, 5) is 14.1. The number of nitrogens with zero attached hydrogens (tertiary/aromatic N) is 1. The monoisotopic (exact) mass is 328 g/mol. The van der Waals surface area contributed by atoms with E-state index in [-0.39, 0.29) is 23.8 Å². The lowest BCUT2D eigenvalue weighted by Crippen LogP contribution is -2.49. The van der Waals surface area contributed by atoms with Gasteiger partial charge in [-0.1, -0.05) is 0 Å². The number of urea groups is 1. The smallest absolute Gasteiger partial charge is 0.393 e. The zero-order valence-corrected chi connectivity index (χ0v) is 12.7. The van der Waals surface area contributed by atoms with Crippen LogP contribution in [0.4, 0.5) is 23.7 Å². The zero-order chi connectivity index (χ0) is 16.8. The van der Waals surface area contributed by atoms with E-state index in [1.165, 1.54) is 6.07 Å². The van der Waals surface area contributed by atoms with Gasteiger partial charge in [-0.15, -0.1) is 0 Å². The predicted octanol–water partition coefficient (Wildman–Crippen LogP) is 3.53. The van der Waals surface area contributed by atoms with Gasteiger partial charge in [0.05, 0.1) is 11.7 Å². The van der Waals surface area contributed by atoms with E-state index in [2.05, 4.69) is 5.32 Å². The molecule has 3 rings (SSSR count). The number of amides is 2. The van der Waals surface area contributed by atoms with Crippen LogP contribution in [0.1, 0.15) is 36.8 Å². The molecular formula is C16H19F3N2O2. The fourth-order valence-corrected chi connectivity index (χ4v) is 3.69. The first-order valence-corrected chi connectivity index (χ1v) is 7.70. The summed E-state index contributed by atoms with van der Waals surface area (Å²) in [6.07, 6.45) is -2.11. The molecule has 0 aromatic heterocycles. The van der Waals surface area contributed by atoms with Gasteiger partial charge in [0, 0.05) is 17.8 Å². The van der Waals surface area contributed by atoms with Gasteiger partial charge in [-0.05, 0) is 56.4 Å². The Bertz CT molecular complexity index is 604. The van der Waals surface area contributed by atoms with Gasteiger partial charge in [0.2, 0.25) is 0 Å². The molecule has 1 aromatic rings. The van der Waals surface area contributed by atoms with E-state index < -0.39 is 17.8 Å². The second kappa shape index (κ2) is 5.70. The summed E-state index contributed by atoms with van der Waals surface area (Å²) >= 11 is 0. The summed E-state index contributed by atoms with van der Waals surface area (Å²) in [6.45, 7) is 1.56. The first-order valence-electron chi connectivity index (χ1n) is 7.70. The summed E-state index contributed by atoms with van der Waals surface area (Å²) in [5, 5.41) is 12.3. The third-order valence-electron chi connectivity index (χ3n) is 4.60. The van der Waals surface area contributed by atoms with Crippen LogP contribution in [0.3, 0.4) is 0 Å². The highest BCUT2D eigenvalue weighted by molar-refractivity contribution is 5.90. The molecule has 1 aromatic carbocycles. The largest absolute Gasteiger partial charge is 0.416 e. The molecule has 2 N–H and O–H groups in total. The molecule has 2 aliphatic heterocycles. The van der Waals surface area contributed by atoms with E-state index in [1.54, 1.807) is 11.8 Å². The highest BCUT2D eigenvalue weighted by Crippen LogP contribution is 2.36. The number of carbonyl (C=O) groups excluding carboxylic acids is 1. The van der Waals surface area contributed by atoms with E-state index in [9.17, 15) is 23.1 Å². The summed E-state index contributed by atoms with van der Waals surface area (Å²) in [5.74, 6) is 0. The number of halogens is 3. The maximum Gasteiger partial charge on any atom is 0.416 e. The second-order valence-electron chi connectivity index (χ2n) is 6.43. The van der Waals surface area contributed by atoms with Crippen molar-refractivity contribution in [3.63, 3.8) is 0 Å². The molecule has 2 saturated heterocycles. The Labute approximate surface area is 132 Å². The number of aliphatic hydroxyl groups excluding tert-OH is 1. The molecule has 0 unspecified atom stereocenters. The Morgan fingerprint density at radius 2 is 1.83 bits per heavy atom. The van der Waals surface area contributed by atoms with E-state index >= 15 is 0 Å². The number of benzene rings is 1. The van der Waals surface area contributed by atoms with Crippen molar-refractivity contribution in [3.05, 3.63) is 29.3 Å². The topological polar surface area (TPSA) is 52.6 Å². The lowest BCUT2D eigenvalue weighted by molar-refractivity contribution is -0.137. The highest BCUT2D eigenvalue weighted by Gasteiger charge is 2.42. The number of rotatable bonds is 1. The molecule has 2 aliphatic rings. The molecule has 0 radical (unpaired) electrons. The number of alkyl halides is 3. The summed E-state index contributed by atoms with van der Waals surface area (Å²) < 4.78 is 38.6. The molecule has 2 atom stereocenters. The average molecular weight is 328 g/mol. The fraction of sp³-hybridized carbons (Fsp3) is 0.562. The zero-order valence-electron chi connectivity index (χ0n) is 12.7. The van der Waals surface area contributed by atoms with Crippen molar-refractivity contribution in [2.45, 2.75) is 57.0 Å². The van der Waals surface area contributed by atoms with Crippen LogP contribution in [0.5, 0.6) is 0 Å². The molecule has 4 nitrogen and oxygen atoms in total. The first kappa shape index (κ1) is 16.1. The van der Waals surface area contributed by atoms with Gasteiger partial charge >= 0.3 is 12.2 Å². The SMILES string of the molecule is Cc1cc(NC(=O)N2[C@H]3CC[C@H]2CC(O)C3)cc(C(F)(F)F)c1. The van der Waals surface area contributed by atoms with Crippen molar-refractivity contribution in [1.82, 2.24) is 4.90 Å². The maximum atomic E-state index is 12.9. The van der Waals surface area contributed by atoms with Crippen molar-refractivity contribution in [2.24, 2.45) is 0 Å². The summed E-state index contributed by atoms with van der Waals surface area (Å²) in [7, 11) is 0. The molecule has 2 fully saturated rings. The third kappa shape index (κ3) is 3.29. The van der Waals surface area contributed by atoms with Gasteiger partial charge in [-0.3, -0.25) is 0 Å². The molecule has 7 heteroatoms. The highest BCUT2D eigenvalue weighted by atomic mass is 19.4. The number of aryl methyl sites for hydroxylation is 1.